The Morgan fingerprint density at radius 2 is 1.94 bits per heavy atom. The zero-order valence-electron chi connectivity index (χ0n) is 8.67. The van der Waals surface area contributed by atoms with Crippen molar-refractivity contribution in [1.82, 2.24) is 4.90 Å². The second kappa shape index (κ2) is 3.23. The summed E-state index contributed by atoms with van der Waals surface area (Å²) in [5.41, 5.74) is -0.192. The van der Waals surface area contributed by atoms with Crippen LogP contribution in [0.3, 0.4) is 0 Å². The summed E-state index contributed by atoms with van der Waals surface area (Å²) in [6, 6.07) is 6.89. The van der Waals surface area contributed by atoms with Crippen LogP contribution in [0.5, 0.6) is 0 Å². The molecule has 5 nitrogen and oxygen atoms in total. The number of amides is 1. The molecular formula is C11H11NO4. The Kier molecular flexibility index (Phi) is 2.11. The van der Waals surface area contributed by atoms with Crippen LogP contribution in [0, 0.1) is 0 Å². The molecule has 1 unspecified atom stereocenters. The first-order valence-electron chi connectivity index (χ1n) is 4.80. The van der Waals surface area contributed by atoms with Crippen molar-refractivity contribution in [2.24, 2.45) is 0 Å². The molecule has 84 valence electrons. The van der Waals surface area contributed by atoms with Crippen molar-refractivity contribution < 1.29 is 19.8 Å². The third-order valence-electron chi connectivity index (χ3n) is 3.06. The van der Waals surface area contributed by atoms with Gasteiger partial charge in [0, 0.05) is 0 Å². The first kappa shape index (κ1) is 10.5. The van der Waals surface area contributed by atoms with Gasteiger partial charge in [-0.1, -0.05) is 24.3 Å². The van der Waals surface area contributed by atoms with Crippen LogP contribution in [0.4, 0.5) is 4.79 Å². The zero-order chi connectivity index (χ0) is 11.9. The normalized spacial score (nSPS) is 22.9. The van der Waals surface area contributed by atoms with Gasteiger partial charge in [-0.15, -0.1) is 0 Å². The van der Waals surface area contributed by atoms with Crippen LogP contribution in [-0.4, -0.2) is 27.2 Å². The molecule has 1 atom stereocenters. The van der Waals surface area contributed by atoms with E-state index in [-0.39, 0.29) is 6.54 Å². The second-order valence-electron chi connectivity index (χ2n) is 3.90. The quantitative estimate of drug-likeness (QED) is 0.752. The number of carbonyl (C=O) groups is 2. The lowest BCUT2D eigenvalue weighted by Crippen LogP contribution is -2.47. The lowest BCUT2D eigenvalue weighted by molar-refractivity contribution is -0.149. The van der Waals surface area contributed by atoms with Gasteiger partial charge in [0.25, 0.3) is 0 Å². The molecule has 16 heavy (non-hydrogen) atoms. The van der Waals surface area contributed by atoms with E-state index in [1.807, 2.05) is 0 Å². The summed E-state index contributed by atoms with van der Waals surface area (Å²) < 4.78 is 0. The van der Waals surface area contributed by atoms with Crippen LogP contribution in [0.25, 0.3) is 0 Å². The van der Waals surface area contributed by atoms with Crippen molar-refractivity contribution in [2.45, 2.75) is 19.0 Å². The highest BCUT2D eigenvalue weighted by Crippen LogP contribution is 2.39. The Morgan fingerprint density at radius 3 is 2.50 bits per heavy atom. The molecule has 0 aromatic heterocycles. The monoisotopic (exact) mass is 221 g/mol. The molecule has 0 saturated heterocycles. The first-order valence-corrected chi connectivity index (χ1v) is 4.80. The zero-order valence-corrected chi connectivity index (χ0v) is 8.67. The van der Waals surface area contributed by atoms with E-state index in [0.717, 1.165) is 10.5 Å². The Morgan fingerprint density at radius 1 is 1.31 bits per heavy atom. The topological polar surface area (TPSA) is 77.8 Å². The van der Waals surface area contributed by atoms with E-state index in [2.05, 4.69) is 0 Å². The molecule has 0 aliphatic carbocycles. The predicted octanol–water partition coefficient (Wildman–Crippen LogP) is 1.48. The number of nitrogens with zero attached hydrogens (tertiary/aromatic N) is 1. The Labute approximate surface area is 91.9 Å². The van der Waals surface area contributed by atoms with Gasteiger partial charge in [-0.05, 0) is 18.1 Å². The van der Waals surface area contributed by atoms with Gasteiger partial charge in [-0.3, -0.25) is 4.90 Å². The molecule has 0 fully saturated rings. The summed E-state index contributed by atoms with van der Waals surface area (Å²) in [5, 5.41) is 18.3. The van der Waals surface area contributed by atoms with Gasteiger partial charge in [0.2, 0.25) is 0 Å². The highest BCUT2D eigenvalue weighted by molar-refractivity contribution is 5.87. The molecule has 5 heteroatoms. The van der Waals surface area contributed by atoms with Gasteiger partial charge in [0.15, 0.2) is 5.54 Å². The summed E-state index contributed by atoms with van der Waals surface area (Å²) in [5.74, 6) is -1.15. The number of fused-ring (bicyclic) bond motifs is 1. The maximum Gasteiger partial charge on any atom is 0.408 e. The number of aliphatic carboxylic acids is 1. The molecule has 1 aromatic carbocycles. The highest BCUT2D eigenvalue weighted by Gasteiger charge is 2.49. The van der Waals surface area contributed by atoms with Crippen molar-refractivity contribution in [3.05, 3.63) is 35.4 Å². The summed E-state index contributed by atoms with van der Waals surface area (Å²) in [6.07, 6.45) is -1.22. The highest BCUT2D eigenvalue weighted by atomic mass is 16.4. The average Bonchev–Trinajstić information content (AvgIpc) is 2.54. The smallest absolute Gasteiger partial charge is 0.408 e. The largest absolute Gasteiger partial charge is 0.479 e. The van der Waals surface area contributed by atoms with Crippen molar-refractivity contribution in [3.8, 4) is 0 Å². The van der Waals surface area contributed by atoms with Gasteiger partial charge in [0.05, 0.1) is 6.54 Å². The molecule has 0 saturated carbocycles. The van der Waals surface area contributed by atoms with Gasteiger partial charge in [-0.25, -0.2) is 9.59 Å². The summed E-state index contributed by atoms with van der Waals surface area (Å²) >= 11 is 0. The van der Waals surface area contributed by atoms with Gasteiger partial charge in [-0.2, -0.15) is 0 Å². The molecule has 1 aromatic rings. The molecule has 1 heterocycles. The molecular weight excluding hydrogens is 210 g/mol. The minimum Gasteiger partial charge on any atom is -0.479 e. The van der Waals surface area contributed by atoms with Gasteiger partial charge < -0.3 is 10.2 Å². The van der Waals surface area contributed by atoms with Gasteiger partial charge >= 0.3 is 12.1 Å². The summed E-state index contributed by atoms with van der Waals surface area (Å²) in [6.45, 7) is 1.53. The fourth-order valence-electron chi connectivity index (χ4n) is 2.10. The second-order valence-corrected chi connectivity index (χ2v) is 3.90. The third-order valence-corrected chi connectivity index (χ3v) is 3.06. The fraction of sp³-hybridized carbons (Fsp3) is 0.273. The number of rotatable bonds is 1. The van der Waals surface area contributed by atoms with Crippen LogP contribution < -0.4 is 0 Å². The van der Waals surface area contributed by atoms with E-state index in [1.165, 1.54) is 6.92 Å². The van der Waals surface area contributed by atoms with E-state index in [9.17, 15) is 14.7 Å². The number of benzene rings is 1. The molecule has 1 amide bonds. The van der Waals surface area contributed by atoms with Crippen LogP contribution in [0.15, 0.2) is 24.3 Å². The maximum atomic E-state index is 11.3. The Balaban J connectivity index is 2.61. The number of hydrogen-bond donors (Lipinski definition) is 2. The Bertz CT molecular complexity index is 471. The van der Waals surface area contributed by atoms with E-state index in [0.29, 0.717) is 5.56 Å². The van der Waals surface area contributed by atoms with E-state index < -0.39 is 17.6 Å². The predicted molar refractivity (Wildman–Crippen MR) is 55.0 cm³/mol. The lowest BCUT2D eigenvalue weighted by atomic mass is 9.92. The van der Waals surface area contributed by atoms with Crippen LogP contribution in [0.2, 0.25) is 0 Å². The van der Waals surface area contributed by atoms with Crippen molar-refractivity contribution in [3.63, 3.8) is 0 Å². The summed E-state index contributed by atoms with van der Waals surface area (Å²) in [7, 11) is 0. The van der Waals surface area contributed by atoms with Crippen LogP contribution in [-0.2, 0) is 16.9 Å². The van der Waals surface area contributed by atoms with Crippen LogP contribution >= 0.6 is 0 Å². The minimum atomic E-state index is -1.48. The SMILES string of the molecule is CC1(C(=O)O)c2ccccc2CN1C(=O)O. The molecule has 1 aliphatic heterocycles. The lowest BCUT2D eigenvalue weighted by Gasteiger charge is -2.29. The standard InChI is InChI=1S/C11H11NO4/c1-11(9(13)14)8-5-3-2-4-7(8)6-12(11)10(15)16/h2-5H,6H2,1H3,(H,13,14)(H,15,16). The molecule has 0 spiro atoms. The van der Waals surface area contributed by atoms with Crippen molar-refractivity contribution in [1.29, 1.82) is 0 Å². The summed E-state index contributed by atoms with van der Waals surface area (Å²) in [4.78, 5) is 23.3. The van der Waals surface area contributed by atoms with Crippen molar-refractivity contribution in [2.75, 3.05) is 0 Å². The van der Waals surface area contributed by atoms with Crippen LogP contribution in [0.1, 0.15) is 18.1 Å². The maximum absolute atomic E-state index is 11.3. The molecule has 2 N–H and O–H groups in total. The first-order chi connectivity index (χ1) is 7.48. The number of carboxylic acid groups (broad SMARTS) is 2. The average molecular weight is 221 g/mol. The molecule has 2 rings (SSSR count). The van der Waals surface area contributed by atoms with E-state index >= 15 is 0 Å². The minimum absolute atomic E-state index is 0.119. The number of hydrogen-bond acceptors (Lipinski definition) is 2. The molecule has 0 radical (unpaired) electrons. The number of carboxylic acids is 1. The Hall–Kier alpha value is -2.04. The van der Waals surface area contributed by atoms with E-state index in [4.69, 9.17) is 5.11 Å². The van der Waals surface area contributed by atoms with Gasteiger partial charge in [0.1, 0.15) is 0 Å². The van der Waals surface area contributed by atoms with Crippen molar-refractivity contribution >= 4 is 12.1 Å². The molecule has 0 bridgehead atoms. The van der Waals surface area contributed by atoms with E-state index in [1.54, 1.807) is 24.3 Å². The fourth-order valence-corrected chi connectivity index (χ4v) is 2.10. The third kappa shape index (κ3) is 1.18. The molecule has 1 aliphatic rings.